The molecule has 2 rings (SSSR count). The smallest absolute Gasteiger partial charge is 0.288 e. The molecule has 4 heteroatoms. The maximum atomic E-state index is 11.5. The molecule has 0 unspecified atom stereocenters. The molecule has 0 aliphatic heterocycles. The molecule has 0 aliphatic rings. The van der Waals surface area contributed by atoms with Crippen LogP contribution in [0.2, 0.25) is 0 Å². The molecule has 74 valence electrons. The summed E-state index contributed by atoms with van der Waals surface area (Å²) in [6.07, 6.45) is 0.933. The molecule has 0 aliphatic carbocycles. The van der Waals surface area contributed by atoms with Crippen molar-refractivity contribution in [1.82, 2.24) is 5.16 Å². The number of aromatic nitrogens is 1. The standard InChI is InChI=1S/C10H11NO2S/c1-3-7-4-5-14-9(7)8-6(2)13-11-10(8)12/h4-5H,3H2,1-2H3,(H,11,12). The van der Waals surface area contributed by atoms with E-state index < -0.39 is 0 Å². The van der Waals surface area contributed by atoms with Crippen LogP contribution >= 0.6 is 11.3 Å². The predicted molar refractivity (Wildman–Crippen MR) is 56.8 cm³/mol. The van der Waals surface area contributed by atoms with Gasteiger partial charge >= 0.3 is 0 Å². The van der Waals surface area contributed by atoms with Gasteiger partial charge in [0.15, 0.2) is 0 Å². The van der Waals surface area contributed by atoms with Crippen LogP contribution in [0, 0.1) is 6.92 Å². The minimum Gasteiger partial charge on any atom is -0.383 e. The van der Waals surface area contributed by atoms with E-state index in [1.807, 2.05) is 11.4 Å². The molecular weight excluding hydrogens is 198 g/mol. The van der Waals surface area contributed by atoms with Crippen molar-refractivity contribution in [3.05, 3.63) is 33.1 Å². The van der Waals surface area contributed by atoms with Gasteiger partial charge in [-0.05, 0) is 30.4 Å². The molecule has 0 saturated carbocycles. The van der Waals surface area contributed by atoms with Crippen LogP contribution in [-0.4, -0.2) is 5.16 Å². The van der Waals surface area contributed by atoms with Gasteiger partial charge in [0.25, 0.3) is 5.56 Å². The summed E-state index contributed by atoms with van der Waals surface area (Å²) in [6, 6.07) is 2.05. The Labute approximate surface area is 85.4 Å². The Morgan fingerprint density at radius 2 is 2.36 bits per heavy atom. The molecule has 3 nitrogen and oxygen atoms in total. The summed E-state index contributed by atoms with van der Waals surface area (Å²) in [5.41, 5.74) is 1.74. The van der Waals surface area contributed by atoms with Crippen molar-refractivity contribution >= 4 is 11.3 Å². The summed E-state index contributed by atoms with van der Waals surface area (Å²) >= 11 is 1.58. The van der Waals surface area contributed by atoms with E-state index in [0.717, 1.165) is 11.3 Å². The molecule has 0 spiro atoms. The van der Waals surface area contributed by atoms with Crippen LogP contribution in [0.1, 0.15) is 18.2 Å². The van der Waals surface area contributed by atoms with Crippen molar-refractivity contribution in [1.29, 1.82) is 0 Å². The van der Waals surface area contributed by atoms with Crippen LogP contribution in [0.3, 0.4) is 0 Å². The van der Waals surface area contributed by atoms with E-state index in [-0.39, 0.29) is 5.56 Å². The Balaban J connectivity index is 2.65. The first kappa shape index (κ1) is 9.27. The molecule has 0 bridgehead atoms. The summed E-state index contributed by atoms with van der Waals surface area (Å²) in [4.78, 5) is 12.5. The lowest BCUT2D eigenvalue weighted by molar-refractivity contribution is 0.392. The third-order valence-electron chi connectivity index (χ3n) is 2.23. The van der Waals surface area contributed by atoms with Crippen molar-refractivity contribution < 1.29 is 4.52 Å². The second kappa shape index (κ2) is 3.46. The fourth-order valence-electron chi connectivity index (χ4n) is 1.48. The Bertz CT molecular complexity index is 492. The molecule has 0 aromatic carbocycles. The van der Waals surface area contributed by atoms with E-state index >= 15 is 0 Å². The van der Waals surface area contributed by atoms with Gasteiger partial charge in [-0.3, -0.25) is 4.79 Å². The van der Waals surface area contributed by atoms with Crippen molar-refractivity contribution in [2.24, 2.45) is 0 Å². The van der Waals surface area contributed by atoms with Crippen LogP contribution in [0.25, 0.3) is 10.4 Å². The number of thiophene rings is 1. The van der Waals surface area contributed by atoms with Crippen molar-refractivity contribution in [3.63, 3.8) is 0 Å². The normalized spacial score (nSPS) is 10.7. The van der Waals surface area contributed by atoms with Gasteiger partial charge in [0.05, 0.1) is 0 Å². The number of aromatic amines is 1. The van der Waals surface area contributed by atoms with E-state index in [9.17, 15) is 4.79 Å². The second-order valence-electron chi connectivity index (χ2n) is 3.09. The maximum Gasteiger partial charge on any atom is 0.288 e. The number of hydrogen-bond acceptors (Lipinski definition) is 3. The first-order chi connectivity index (χ1) is 6.74. The van der Waals surface area contributed by atoms with E-state index in [0.29, 0.717) is 11.3 Å². The molecule has 1 N–H and O–H groups in total. The summed E-state index contributed by atoms with van der Waals surface area (Å²) in [6.45, 7) is 3.88. The lowest BCUT2D eigenvalue weighted by Crippen LogP contribution is -2.01. The largest absolute Gasteiger partial charge is 0.383 e. The lowest BCUT2D eigenvalue weighted by Gasteiger charge is -1.96. The molecule has 0 fully saturated rings. The number of aryl methyl sites for hydroxylation is 2. The first-order valence-electron chi connectivity index (χ1n) is 4.48. The fraction of sp³-hybridized carbons (Fsp3) is 0.300. The van der Waals surface area contributed by atoms with Gasteiger partial charge in [0.2, 0.25) is 0 Å². The monoisotopic (exact) mass is 209 g/mol. The Kier molecular flexibility index (Phi) is 2.29. The zero-order valence-electron chi connectivity index (χ0n) is 8.09. The maximum absolute atomic E-state index is 11.5. The molecule has 0 saturated heterocycles. The van der Waals surface area contributed by atoms with Gasteiger partial charge in [-0.25, -0.2) is 0 Å². The number of hydrogen-bond donors (Lipinski definition) is 1. The molecule has 2 heterocycles. The average Bonchev–Trinajstić information content (AvgIpc) is 2.73. The van der Waals surface area contributed by atoms with Crippen molar-refractivity contribution in [2.45, 2.75) is 20.3 Å². The lowest BCUT2D eigenvalue weighted by atomic mass is 10.1. The highest BCUT2D eigenvalue weighted by Crippen LogP contribution is 2.29. The highest BCUT2D eigenvalue weighted by Gasteiger charge is 2.15. The third-order valence-corrected chi connectivity index (χ3v) is 3.20. The first-order valence-corrected chi connectivity index (χ1v) is 5.36. The molecule has 2 aromatic heterocycles. The summed E-state index contributed by atoms with van der Waals surface area (Å²) < 4.78 is 4.99. The molecule has 2 aromatic rings. The minimum atomic E-state index is -0.139. The summed E-state index contributed by atoms with van der Waals surface area (Å²) in [5.74, 6) is 0.659. The average molecular weight is 209 g/mol. The Hall–Kier alpha value is -1.29. The summed E-state index contributed by atoms with van der Waals surface area (Å²) in [7, 11) is 0. The number of nitrogens with one attached hydrogen (secondary N) is 1. The van der Waals surface area contributed by atoms with Crippen molar-refractivity contribution in [2.75, 3.05) is 0 Å². The molecule has 0 radical (unpaired) electrons. The van der Waals surface area contributed by atoms with E-state index in [1.54, 1.807) is 18.3 Å². The zero-order chi connectivity index (χ0) is 10.1. The highest BCUT2D eigenvalue weighted by molar-refractivity contribution is 7.13. The number of rotatable bonds is 2. The van der Waals surface area contributed by atoms with Gasteiger partial charge in [0, 0.05) is 4.88 Å². The van der Waals surface area contributed by atoms with E-state index in [2.05, 4.69) is 12.1 Å². The molecule has 14 heavy (non-hydrogen) atoms. The van der Waals surface area contributed by atoms with Crippen LogP contribution < -0.4 is 5.56 Å². The second-order valence-corrected chi connectivity index (χ2v) is 4.01. The van der Waals surface area contributed by atoms with Crippen LogP contribution in [-0.2, 0) is 6.42 Å². The predicted octanol–water partition coefficient (Wildman–Crippen LogP) is 2.57. The number of H-pyrrole nitrogens is 1. The third kappa shape index (κ3) is 1.32. The molecule has 0 atom stereocenters. The van der Waals surface area contributed by atoms with Gasteiger partial charge in [0.1, 0.15) is 11.3 Å². The topological polar surface area (TPSA) is 46.0 Å². The zero-order valence-corrected chi connectivity index (χ0v) is 8.90. The summed E-state index contributed by atoms with van der Waals surface area (Å²) in [5, 5.41) is 4.35. The van der Waals surface area contributed by atoms with Gasteiger partial charge in [-0.15, -0.1) is 11.3 Å². The minimum absolute atomic E-state index is 0.139. The highest BCUT2D eigenvalue weighted by atomic mass is 32.1. The Morgan fingerprint density at radius 1 is 1.57 bits per heavy atom. The van der Waals surface area contributed by atoms with Crippen LogP contribution in [0.5, 0.6) is 0 Å². The van der Waals surface area contributed by atoms with Gasteiger partial charge in [-0.1, -0.05) is 6.92 Å². The van der Waals surface area contributed by atoms with E-state index in [4.69, 9.17) is 4.52 Å². The Morgan fingerprint density at radius 3 is 2.93 bits per heavy atom. The van der Waals surface area contributed by atoms with E-state index in [1.165, 1.54) is 5.56 Å². The fourth-order valence-corrected chi connectivity index (χ4v) is 2.57. The van der Waals surface area contributed by atoms with Crippen molar-refractivity contribution in [3.8, 4) is 10.4 Å². The SMILES string of the molecule is CCc1ccsc1-c1c(C)o[nH]c1=O. The van der Waals surface area contributed by atoms with Gasteiger partial charge < -0.3 is 4.52 Å². The quantitative estimate of drug-likeness (QED) is 0.826. The molecule has 0 amide bonds. The van der Waals surface area contributed by atoms with Crippen LogP contribution in [0.15, 0.2) is 20.8 Å². The van der Waals surface area contributed by atoms with Crippen LogP contribution in [0.4, 0.5) is 0 Å². The molecular formula is C10H11NO2S. The van der Waals surface area contributed by atoms with Gasteiger partial charge in [-0.2, -0.15) is 5.16 Å².